The van der Waals surface area contributed by atoms with E-state index in [-0.39, 0.29) is 11.7 Å². The lowest BCUT2D eigenvalue weighted by Gasteiger charge is -1.96. The van der Waals surface area contributed by atoms with Crippen molar-refractivity contribution in [3.8, 4) is 5.75 Å². The van der Waals surface area contributed by atoms with Gasteiger partial charge in [0.05, 0.1) is 17.3 Å². The topological polar surface area (TPSA) is 51.2 Å². The van der Waals surface area contributed by atoms with E-state index in [0.29, 0.717) is 5.13 Å². The van der Waals surface area contributed by atoms with Gasteiger partial charge in [0.1, 0.15) is 11.6 Å². The number of rotatable bonds is 4. The first-order valence-electron chi connectivity index (χ1n) is 6.83. The van der Waals surface area contributed by atoms with Crippen molar-refractivity contribution in [1.82, 2.24) is 4.98 Å². The summed E-state index contributed by atoms with van der Waals surface area (Å²) < 4.78 is 18.9. The van der Waals surface area contributed by atoms with E-state index in [0.717, 1.165) is 21.5 Å². The fourth-order valence-electron chi connectivity index (χ4n) is 1.98. The minimum Gasteiger partial charge on any atom is -0.497 e. The number of nitrogens with one attached hydrogen (secondary N) is 1. The third-order valence-electron chi connectivity index (χ3n) is 3.12. The smallest absolute Gasteiger partial charge is 0.250 e. The van der Waals surface area contributed by atoms with Gasteiger partial charge >= 0.3 is 0 Å². The second kappa shape index (κ2) is 6.58. The first-order chi connectivity index (χ1) is 11.1. The predicted octanol–water partition coefficient (Wildman–Crippen LogP) is 4.10. The van der Waals surface area contributed by atoms with Crippen LogP contribution in [-0.4, -0.2) is 18.0 Å². The summed E-state index contributed by atoms with van der Waals surface area (Å²) in [5.41, 5.74) is 1.55. The SMILES string of the molecule is COc1ccc2nc(NC(=O)C=Cc3ccc(F)cc3)sc2c1. The van der Waals surface area contributed by atoms with Crippen molar-refractivity contribution in [2.24, 2.45) is 0 Å². The zero-order valence-corrected chi connectivity index (χ0v) is 13.1. The van der Waals surface area contributed by atoms with Gasteiger partial charge in [0.2, 0.25) is 5.91 Å². The molecule has 1 N–H and O–H groups in total. The molecule has 0 saturated heterocycles. The molecule has 1 amide bonds. The zero-order valence-electron chi connectivity index (χ0n) is 12.2. The van der Waals surface area contributed by atoms with Gasteiger partial charge in [-0.1, -0.05) is 23.5 Å². The van der Waals surface area contributed by atoms with E-state index in [1.165, 1.54) is 29.5 Å². The first-order valence-corrected chi connectivity index (χ1v) is 7.65. The van der Waals surface area contributed by atoms with Crippen LogP contribution in [0.4, 0.5) is 9.52 Å². The van der Waals surface area contributed by atoms with Gasteiger partial charge in [-0.3, -0.25) is 10.1 Å². The van der Waals surface area contributed by atoms with Crippen molar-refractivity contribution in [2.75, 3.05) is 12.4 Å². The third kappa shape index (κ3) is 3.73. The standard InChI is InChI=1S/C17H13FN2O2S/c1-22-13-7-8-14-15(10-13)23-17(19-14)20-16(21)9-4-11-2-5-12(18)6-3-11/h2-10H,1H3,(H,19,20,21). The van der Waals surface area contributed by atoms with Crippen LogP contribution in [0.15, 0.2) is 48.5 Å². The molecule has 23 heavy (non-hydrogen) atoms. The summed E-state index contributed by atoms with van der Waals surface area (Å²) in [5, 5.41) is 3.23. The number of benzene rings is 2. The number of carbonyl (C=O) groups excluding carboxylic acids is 1. The molecule has 0 aliphatic heterocycles. The number of halogens is 1. The number of carbonyl (C=O) groups is 1. The van der Waals surface area contributed by atoms with Crippen LogP contribution >= 0.6 is 11.3 Å². The lowest BCUT2D eigenvalue weighted by atomic mass is 10.2. The normalized spacial score (nSPS) is 11.0. The Hall–Kier alpha value is -2.73. The van der Waals surface area contributed by atoms with Crippen molar-refractivity contribution in [1.29, 1.82) is 0 Å². The molecule has 3 aromatic rings. The zero-order chi connectivity index (χ0) is 16.2. The summed E-state index contributed by atoms with van der Waals surface area (Å²) in [6.45, 7) is 0. The van der Waals surface area contributed by atoms with E-state index in [2.05, 4.69) is 10.3 Å². The Balaban J connectivity index is 1.71. The van der Waals surface area contributed by atoms with Crippen molar-refractivity contribution in [2.45, 2.75) is 0 Å². The highest BCUT2D eigenvalue weighted by molar-refractivity contribution is 7.22. The van der Waals surface area contributed by atoms with Crippen LogP contribution in [0.3, 0.4) is 0 Å². The van der Waals surface area contributed by atoms with Gasteiger partial charge in [0.15, 0.2) is 5.13 Å². The summed E-state index contributed by atoms with van der Waals surface area (Å²) in [6, 6.07) is 11.4. The number of methoxy groups -OCH3 is 1. The molecule has 1 aromatic heterocycles. The molecule has 1 heterocycles. The fraction of sp³-hybridized carbons (Fsp3) is 0.0588. The van der Waals surface area contributed by atoms with Gasteiger partial charge in [-0.2, -0.15) is 0 Å². The number of hydrogen-bond donors (Lipinski definition) is 1. The maximum atomic E-state index is 12.8. The molecule has 6 heteroatoms. The van der Waals surface area contributed by atoms with Gasteiger partial charge in [-0.25, -0.2) is 9.37 Å². The van der Waals surface area contributed by atoms with Crippen LogP contribution in [-0.2, 0) is 4.79 Å². The van der Waals surface area contributed by atoms with Crippen molar-refractivity contribution >= 4 is 38.7 Å². The number of amides is 1. The summed E-state index contributed by atoms with van der Waals surface area (Å²) in [5.74, 6) is 0.145. The molecule has 4 nitrogen and oxygen atoms in total. The number of ether oxygens (including phenoxy) is 1. The van der Waals surface area contributed by atoms with Crippen LogP contribution in [0.5, 0.6) is 5.75 Å². The summed E-state index contributed by atoms with van der Waals surface area (Å²) in [4.78, 5) is 16.3. The molecule has 0 bridgehead atoms. The molecule has 0 radical (unpaired) electrons. The highest BCUT2D eigenvalue weighted by Crippen LogP contribution is 2.29. The first kappa shape index (κ1) is 15.2. The van der Waals surface area contributed by atoms with E-state index in [1.807, 2.05) is 18.2 Å². The van der Waals surface area contributed by atoms with Crippen molar-refractivity contribution < 1.29 is 13.9 Å². The van der Waals surface area contributed by atoms with Crippen LogP contribution in [0, 0.1) is 5.82 Å². The Bertz CT molecular complexity index is 872. The Morgan fingerprint density at radius 2 is 2.04 bits per heavy atom. The van der Waals surface area contributed by atoms with Gasteiger partial charge in [0, 0.05) is 6.08 Å². The Kier molecular flexibility index (Phi) is 4.34. The summed E-state index contributed by atoms with van der Waals surface area (Å²) in [6.07, 6.45) is 3.00. The highest BCUT2D eigenvalue weighted by Gasteiger charge is 2.06. The van der Waals surface area contributed by atoms with E-state index in [1.54, 1.807) is 25.3 Å². The summed E-state index contributed by atoms with van der Waals surface area (Å²) in [7, 11) is 1.60. The molecule has 2 aromatic carbocycles. The van der Waals surface area contributed by atoms with E-state index < -0.39 is 0 Å². The van der Waals surface area contributed by atoms with Crippen LogP contribution in [0.2, 0.25) is 0 Å². The minimum absolute atomic E-state index is 0.291. The lowest BCUT2D eigenvalue weighted by Crippen LogP contribution is -2.07. The van der Waals surface area contributed by atoms with Crippen molar-refractivity contribution in [3.63, 3.8) is 0 Å². The van der Waals surface area contributed by atoms with Gasteiger partial charge in [-0.05, 0) is 42.0 Å². The molecular weight excluding hydrogens is 315 g/mol. The number of thiazole rings is 1. The molecule has 0 spiro atoms. The lowest BCUT2D eigenvalue weighted by molar-refractivity contribution is -0.111. The largest absolute Gasteiger partial charge is 0.497 e. The van der Waals surface area contributed by atoms with Gasteiger partial charge in [-0.15, -0.1) is 0 Å². The Labute approximate surface area is 136 Å². The minimum atomic E-state index is -0.309. The molecule has 0 atom stereocenters. The molecule has 0 aliphatic rings. The molecule has 0 unspecified atom stereocenters. The number of aromatic nitrogens is 1. The number of anilines is 1. The quantitative estimate of drug-likeness (QED) is 0.734. The van der Waals surface area contributed by atoms with E-state index in [9.17, 15) is 9.18 Å². The Morgan fingerprint density at radius 1 is 1.26 bits per heavy atom. The van der Waals surface area contributed by atoms with Crippen molar-refractivity contribution in [3.05, 3.63) is 59.9 Å². The second-order valence-corrected chi connectivity index (χ2v) is 5.76. The number of fused-ring (bicyclic) bond motifs is 1. The fourth-order valence-corrected chi connectivity index (χ4v) is 2.88. The molecule has 116 valence electrons. The summed E-state index contributed by atoms with van der Waals surface area (Å²) >= 11 is 1.37. The van der Waals surface area contributed by atoms with E-state index in [4.69, 9.17) is 4.74 Å². The average molecular weight is 328 g/mol. The van der Waals surface area contributed by atoms with E-state index >= 15 is 0 Å². The average Bonchev–Trinajstić information content (AvgIpc) is 2.95. The van der Waals surface area contributed by atoms with Crippen LogP contribution < -0.4 is 10.1 Å². The molecular formula is C17H13FN2O2S. The molecule has 3 rings (SSSR count). The highest BCUT2D eigenvalue weighted by atomic mass is 32.1. The monoisotopic (exact) mass is 328 g/mol. The molecule has 0 fully saturated rings. The maximum Gasteiger partial charge on any atom is 0.250 e. The van der Waals surface area contributed by atoms with Gasteiger partial charge < -0.3 is 4.74 Å². The second-order valence-electron chi connectivity index (χ2n) is 4.73. The van der Waals surface area contributed by atoms with Crippen LogP contribution in [0.25, 0.3) is 16.3 Å². The van der Waals surface area contributed by atoms with Gasteiger partial charge in [0.25, 0.3) is 0 Å². The third-order valence-corrected chi connectivity index (χ3v) is 4.06. The Morgan fingerprint density at radius 3 is 2.78 bits per heavy atom. The number of hydrogen-bond acceptors (Lipinski definition) is 4. The number of nitrogens with zero attached hydrogens (tertiary/aromatic N) is 1. The maximum absolute atomic E-state index is 12.8. The molecule has 0 saturated carbocycles. The predicted molar refractivity (Wildman–Crippen MR) is 90.2 cm³/mol. The molecule has 0 aliphatic carbocycles. The van der Waals surface area contributed by atoms with Crippen LogP contribution in [0.1, 0.15) is 5.56 Å².